The molecule has 46 heavy (non-hydrogen) atoms. The number of rotatable bonds is 7. The minimum atomic E-state index is -3.81. The molecule has 0 radical (unpaired) electrons. The van der Waals surface area contributed by atoms with Gasteiger partial charge in [0.2, 0.25) is 0 Å². The van der Waals surface area contributed by atoms with E-state index in [0.29, 0.717) is 20.4 Å². The molecule has 0 amide bonds. The zero-order chi connectivity index (χ0) is 33.9. The van der Waals surface area contributed by atoms with Crippen LogP contribution in [0.25, 0.3) is 0 Å². The van der Waals surface area contributed by atoms with E-state index in [4.69, 9.17) is 48.3 Å². The smallest absolute Gasteiger partial charge is 0.339 e. The lowest BCUT2D eigenvalue weighted by Crippen LogP contribution is -2.09. The van der Waals surface area contributed by atoms with Gasteiger partial charge in [0.15, 0.2) is 0 Å². The highest BCUT2D eigenvalue weighted by atomic mass is 79.9. The monoisotopic (exact) mass is 784 g/mol. The van der Waals surface area contributed by atoms with Crippen LogP contribution in [0, 0.1) is 13.8 Å². The minimum absolute atomic E-state index is 0.116. The number of phenols is 1. The van der Waals surface area contributed by atoms with Crippen molar-refractivity contribution in [3.8, 4) is 17.2 Å². The van der Waals surface area contributed by atoms with E-state index in [1.54, 1.807) is 85.8 Å². The topological polar surface area (TPSA) is 107 Å². The fourth-order valence-corrected chi connectivity index (χ4v) is 6.46. The van der Waals surface area contributed by atoms with Gasteiger partial charge in [0.1, 0.15) is 27.0 Å². The Morgan fingerprint density at radius 3 is 1.41 bits per heavy atom. The van der Waals surface area contributed by atoms with Crippen LogP contribution in [0.1, 0.15) is 16.7 Å². The Labute approximate surface area is 292 Å². The van der Waals surface area contributed by atoms with Crippen molar-refractivity contribution in [3.63, 3.8) is 0 Å². The molecule has 0 saturated heterocycles. The molecule has 0 aliphatic heterocycles. The second kappa shape index (κ2) is 17.1. The summed E-state index contributed by atoms with van der Waals surface area (Å²) in [6.45, 7) is 3.63. The van der Waals surface area contributed by atoms with Crippen molar-refractivity contribution in [2.75, 3.05) is 0 Å². The number of aromatic hydroxyl groups is 1. The second-order valence-electron chi connectivity index (χ2n) is 9.43. The maximum Gasteiger partial charge on any atom is 0.339 e. The van der Waals surface area contributed by atoms with E-state index >= 15 is 0 Å². The van der Waals surface area contributed by atoms with Crippen molar-refractivity contribution >= 4 is 71.0 Å². The molecule has 5 aromatic carbocycles. The predicted molar refractivity (Wildman–Crippen MR) is 187 cm³/mol. The third kappa shape index (κ3) is 11.2. The maximum absolute atomic E-state index is 12.0. The van der Waals surface area contributed by atoms with Gasteiger partial charge in [-0.3, -0.25) is 0 Å². The molecule has 0 fully saturated rings. The number of hydrogen-bond donors (Lipinski definition) is 1. The lowest BCUT2D eigenvalue weighted by molar-refractivity contribution is 0.474. The molecular weight excluding hydrogens is 759 g/mol. The summed E-state index contributed by atoms with van der Waals surface area (Å²) in [5.41, 5.74) is 2.43. The fraction of sp³-hybridized carbons (Fsp3) is 0.0909. The first-order valence-corrected chi connectivity index (χ1v) is 18.3. The van der Waals surface area contributed by atoms with Crippen LogP contribution in [0.2, 0.25) is 15.1 Å². The van der Waals surface area contributed by atoms with Crippen LogP contribution in [-0.4, -0.2) is 21.9 Å². The van der Waals surface area contributed by atoms with Crippen LogP contribution >= 0.6 is 50.7 Å². The van der Waals surface area contributed by atoms with Crippen LogP contribution < -0.4 is 8.37 Å². The van der Waals surface area contributed by atoms with E-state index in [-0.39, 0.29) is 27.0 Å². The Bertz CT molecular complexity index is 1980. The fourth-order valence-electron chi connectivity index (χ4n) is 3.53. The molecule has 0 aromatic heterocycles. The molecule has 5 rings (SSSR count). The molecule has 0 aliphatic rings. The summed E-state index contributed by atoms with van der Waals surface area (Å²) in [6, 6.07) is 30.3. The van der Waals surface area contributed by atoms with E-state index in [1.807, 2.05) is 6.92 Å². The van der Waals surface area contributed by atoms with Gasteiger partial charge in [0.25, 0.3) is 0 Å². The summed E-state index contributed by atoms with van der Waals surface area (Å²) in [4.78, 5) is 0.239. The number of aryl methyl sites for hydroxylation is 2. The van der Waals surface area contributed by atoms with Crippen LogP contribution in [-0.2, 0) is 25.6 Å². The molecule has 0 heterocycles. The number of benzene rings is 5. The molecular formula is C33H28BrCl3O7S2. The van der Waals surface area contributed by atoms with Crippen molar-refractivity contribution in [3.05, 3.63) is 147 Å². The van der Waals surface area contributed by atoms with Crippen LogP contribution in [0.15, 0.2) is 125 Å². The lowest BCUT2D eigenvalue weighted by atomic mass is 10.2. The zero-order valence-electron chi connectivity index (χ0n) is 24.4. The molecule has 0 atom stereocenters. The third-order valence-corrected chi connectivity index (χ3v) is 10.3. The van der Waals surface area contributed by atoms with Gasteiger partial charge in [0.05, 0.1) is 0 Å². The van der Waals surface area contributed by atoms with Crippen molar-refractivity contribution < 1.29 is 30.3 Å². The Morgan fingerprint density at radius 1 is 0.587 bits per heavy atom. The van der Waals surface area contributed by atoms with E-state index in [1.165, 1.54) is 36.4 Å². The Balaban J connectivity index is 0.000000200. The number of hydrogen-bond acceptors (Lipinski definition) is 7. The molecule has 0 unspecified atom stereocenters. The molecule has 242 valence electrons. The van der Waals surface area contributed by atoms with Gasteiger partial charge in [-0.15, -0.1) is 0 Å². The van der Waals surface area contributed by atoms with Gasteiger partial charge in [0, 0.05) is 20.4 Å². The van der Waals surface area contributed by atoms with Gasteiger partial charge in [-0.2, -0.15) is 16.8 Å². The Kier molecular flexibility index (Phi) is 13.8. The van der Waals surface area contributed by atoms with Gasteiger partial charge in [-0.05, 0) is 109 Å². The molecule has 1 N–H and O–H groups in total. The van der Waals surface area contributed by atoms with E-state index in [2.05, 4.69) is 15.9 Å². The average Bonchev–Trinajstić information content (AvgIpc) is 3.03. The van der Waals surface area contributed by atoms with E-state index in [0.717, 1.165) is 16.7 Å². The largest absolute Gasteiger partial charge is 0.508 e. The Hall–Kier alpha value is -3.25. The first-order chi connectivity index (χ1) is 21.7. The molecule has 0 saturated carbocycles. The first-order valence-electron chi connectivity index (χ1n) is 13.3. The van der Waals surface area contributed by atoms with Crippen molar-refractivity contribution in [2.45, 2.75) is 29.0 Å². The summed E-state index contributed by atoms with van der Waals surface area (Å²) in [7, 11) is -7.60. The minimum Gasteiger partial charge on any atom is -0.508 e. The molecule has 7 nitrogen and oxygen atoms in total. The maximum atomic E-state index is 12.0. The normalized spacial score (nSPS) is 10.9. The second-order valence-corrected chi connectivity index (χ2v) is 14.3. The van der Waals surface area contributed by atoms with Gasteiger partial charge < -0.3 is 13.5 Å². The average molecular weight is 787 g/mol. The summed E-state index contributed by atoms with van der Waals surface area (Å²) in [6.07, 6.45) is 0. The molecule has 0 spiro atoms. The highest BCUT2D eigenvalue weighted by Gasteiger charge is 2.17. The zero-order valence-corrected chi connectivity index (χ0v) is 29.9. The summed E-state index contributed by atoms with van der Waals surface area (Å²) in [5.74, 6) is 0.750. The van der Waals surface area contributed by atoms with Gasteiger partial charge >= 0.3 is 20.2 Å². The van der Waals surface area contributed by atoms with Crippen LogP contribution in [0.3, 0.4) is 0 Å². The standard InChI is InChI=1S/C13H10BrClO3S.C13H11ClO3S.C7H7ClO/c14-9-10-8-11(6-7-13(10)15)18-19(16,17)12-4-2-1-3-5-12;1-10-9-11(7-8-13(10)14)17-18(15,16)12-5-3-2-4-6-12;1-5-4-6(9)2-3-7(5)8/h1-8H,9H2;2-9H,1H3;2-4,9H,1H3. The quantitative estimate of drug-likeness (QED) is 0.129. The summed E-state index contributed by atoms with van der Waals surface area (Å²) >= 11 is 20.8. The number of halogens is 4. The van der Waals surface area contributed by atoms with Crippen molar-refractivity contribution in [1.82, 2.24) is 0 Å². The van der Waals surface area contributed by atoms with Crippen LogP contribution in [0.5, 0.6) is 17.2 Å². The van der Waals surface area contributed by atoms with E-state index in [9.17, 15) is 16.8 Å². The first kappa shape index (κ1) is 37.2. The lowest BCUT2D eigenvalue weighted by Gasteiger charge is -2.08. The molecule has 0 bridgehead atoms. The van der Waals surface area contributed by atoms with Crippen molar-refractivity contribution in [2.24, 2.45) is 0 Å². The van der Waals surface area contributed by atoms with Crippen molar-refractivity contribution in [1.29, 1.82) is 0 Å². The highest BCUT2D eigenvalue weighted by Crippen LogP contribution is 2.27. The predicted octanol–water partition coefficient (Wildman–Crippen LogP) is 9.77. The number of phenolic OH excluding ortho intramolecular Hbond substituents is 1. The van der Waals surface area contributed by atoms with Gasteiger partial charge in [-0.1, -0.05) is 87.1 Å². The third-order valence-electron chi connectivity index (χ3n) is 5.91. The SMILES string of the molecule is Cc1cc(O)ccc1Cl.Cc1cc(OS(=O)(=O)c2ccccc2)ccc1Cl.O=S(=O)(Oc1ccc(Cl)c(CBr)c1)c1ccccc1. The number of alkyl halides is 1. The van der Waals surface area contributed by atoms with Gasteiger partial charge in [-0.25, -0.2) is 0 Å². The highest BCUT2D eigenvalue weighted by molar-refractivity contribution is 9.08. The molecule has 0 aliphatic carbocycles. The van der Waals surface area contributed by atoms with Crippen LogP contribution in [0.4, 0.5) is 0 Å². The molecule has 5 aromatic rings. The Morgan fingerprint density at radius 2 is 1.00 bits per heavy atom. The van der Waals surface area contributed by atoms with E-state index < -0.39 is 20.2 Å². The summed E-state index contributed by atoms with van der Waals surface area (Å²) < 4.78 is 58.0. The summed E-state index contributed by atoms with van der Waals surface area (Å²) in [5, 5.41) is 11.2. The molecule has 13 heteroatoms.